The number of aryl methyl sites for hydroxylation is 1. The van der Waals surface area contributed by atoms with E-state index in [-0.39, 0.29) is 23.0 Å². The maximum absolute atomic E-state index is 15.3. The van der Waals surface area contributed by atoms with Crippen LogP contribution in [0.3, 0.4) is 0 Å². The quantitative estimate of drug-likeness (QED) is 0.121. The highest BCUT2D eigenvalue weighted by molar-refractivity contribution is 5.86. The van der Waals surface area contributed by atoms with Crippen LogP contribution in [0.1, 0.15) is 108 Å². The molecule has 2 fully saturated rings. The molecule has 242 valence electrons. The van der Waals surface area contributed by atoms with Crippen molar-refractivity contribution in [1.82, 2.24) is 0 Å². The average Bonchev–Trinajstić information content (AvgIpc) is 3.02. The van der Waals surface area contributed by atoms with Crippen LogP contribution in [-0.2, 0) is 20.7 Å². The summed E-state index contributed by atoms with van der Waals surface area (Å²) in [6, 6.07) is 8.20. The Kier molecular flexibility index (Phi) is 13.0. The lowest BCUT2D eigenvalue weighted by atomic mass is 9.67. The maximum atomic E-state index is 15.3. The van der Waals surface area contributed by atoms with Gasteiger partial charge in [0.05, 0.1) is 13.2 Å². The first-order chi connectivity index (χ1) is 21.2. The molecule has 2 aliphatic rings. The highest BCUT2D eigenvalue weighted by Gasteiger charge is 2.32. The lowest BCUT2D eigenvalue weighted by Crippen LogP contribution is -2.27. The van der Waals surface area contributed by atoms with E-state index in [1.54, 1.807) is 32.2 Å². The molecular weight excluding hydrogens is 561 g/mol. The van der Waals surface area contributed by atoms with Gasteiger partial charge in [0, 0.05) is 29.7 Å². The van der Waals surface area contributed by atoms with Crippen molar-refractivity contribution in [3.05, 3.63) is 71.1 Å². The predicted octanol–water partition coefficient (Wildman–Crippen LogP) is 10.4. The van der Waals surface area contributed by atoms with Gasteiger partial charge in [0.15, 0.2) is 11.6 Å². The molecule has 0 saturated heterocycles. The minimum Gasteiger partial charge on any atom is -0.462 e. The molecule has 6 heteroatoms. The van der Waals surface area contributed by atoms with Crippen molar-refractivity contribution < 1.29 is 27.4 Å². The van der Waals surface area contributed by atoms with Crippen LogP contribution in [0.4, 0.5) is 13.2 Å². The van der Waals surface area contributed by atoms with Crippen molar-refractivity contribution in [2.45, 2.75) is 103 Å². The topological polar surface area (TPSA) is 35.5 Å². The van der Waals surface area contributed by atoms with Crippen LogP contribution >= 0.6 is 0 Å². The summed E-state index contributed by atoms with van der Waals surface area (Å²) < 4.78 is 55.8. The van der Waals surface area contributed by atoms with Crippen LogP contribution in [0, 0.1) is 41.1 Å². The summed E-state index contributed by atoms with van der Waals surface area (Å²) in [5, 5.41) is 0. The van der Waals surface area contributed by atoms with Gasteiger partial charge in [-0.05, 0) is 106 Å². The molecule has 0 bridgehead atoms. The van der Waals surface area contributed by atoms with Gasteiger partial charge in [0.2, 0.25) is 0 Å². The first-order valence-electron chi connectivity index (χ1n) is 16.8. The van der Waals surface area contributed by atoms with Crippen LogP contribution in [-0.4, -0.2) is 26.3 Å². The number of esters is 1. The fourth-order valence-corrected chi connectivity index (χ4v) is 7.59. The van der Waals surface area contributed by atoms with Gasteiger partial charge in [0.1, 0.15) is 5.82 Å². The number of rotatable bonds is 14. The van der Waals surface area contributed by atoms with Crippen molar-refractivity contribution in [1.29, 1.82) is 0 Å². The summed E-state index contributed by atoms with van der Waals surface area (Å²) in [5.74, 6) is -0.0649. The van der Waals surface area contributed by atoms with Crippen molar-refractivity contribution in [2.24, 2.45) is 23.7 Å². The smallest absolute Gasteiger partial charge is 0.333 e. The first kappa shape index (κ1) is 34.3. The summed E-state index contributed by atoms with van der Waals surface area (Å²) in [4.78, 5) is 11.8. The van der Waals surface area contributed by atoms with Gasteiger partial charge in [-0.1, -0.05) is 63.5 Å². The van der Waals surface area contributed by atoms with Crippen LogP contribution in [0.5, 0.6) is 0 Å². The molecule has 1 unspecified atom stereocenters. The van der Waals surface area contributed by atoms with E-state index < -0.39 is 17.5 Å². The molecule has 0 spiro atoms. The number of ether oxygens (including phenoxy) is 2. The van der Waals surface area contributed by atoms with Gasteiger partial charge in [-0.15, -0.1) is 0 Å². The molecule has 0 heterocycles. The lowest BCUT2D eigenvalue weighted by molar-refractivity contribution is -0.141. The number of methoxy groups -OCH3 is 1. The second-order valence-electron chi connectivity index (χ2n) is 13.4. The Balaban J connectivity index is 1.27. The van der Waals surface area contributed by atoms with Gasteiger partial charge in [0.25, 0.3) is 0 Å². The van der Waals surface area contributed by atoms with Crippen molar-refractivity contribution in [3.8, 4) is 11.1 Å². The second kappa shape index (κ2) is 16.6. The van der Waals surface area contributed by atoms with E-state index in [9.17, 15) is 13.6 Å². The molecule has 0 aromatic heterocycles. The highest BCUT2D eigenvalue weighted by Crippen LogP contribution is 2.45. The number of unbranched alkanes of at least 4 members (excludes halogenated alkanes) is 2. The van der Waals surface area contributed by atoms with E-state index in [1.807, 2.05) is 6.07 Å². The van der Waals surface area contributed by atoms with Gasteiger partial charge >= 0.3 is 5.97 Å². The number of hydrogen-bond donors (Lipinski definition) is 0. The Hall–Kier alpha value is -2.60. The largest absolute Gasteiger partial charge is 0.462 e. The van der Waals surface area contributed by atoms with E-state index in [4.69, 9.17) is 9.47 Å². The Morgan fingerprint density at radius 3 is 2.16 bits per heavy atom. The predicted molar refractivity (Wildman–Crippen MR) is 171 cm³/mol. The minimum atomic E-state index is -0.957. The summed E-state index contributed by atoms with van der Waals surface area (Å²) in [6.45, 7) is 8.36. The fraction of sp³-hybridized carbons (Fsp3) is 0.605. The number of halogens is 3. The molecule has 3 nitrogen and oxygen atoms in total. The zero-order valence-corrected chi connectivity index (χ0v) is 26.9. The van der Waals surface area contributed by atoms with E-state index in [0.717, 1.165) is 62.8 Å². The monoisotopic (exact) mass is 612 g/mol. The van der Waals surface area contributed by atoms with Crippen LogP contribution in [0.2, 0.25) is 0 Å². The van der Waals surface area contributed by atoms with Crippen LogP contribution in [0.15, 0.2) is 42.5 Å². The summed E-state index contributed by atoms with van der Waals surface area (Å²) in [6.07, 6.45) is 13.5. The third kappa shape index (κ3) is 8.99. The van der Waals surface area contributed by atoms with Crippen LogP contribution in [0.25, 0.3) is 11.1 Å². The Labute approximate surface area is 262 Å². The molecule has 2 aliphatic carbocycles. The minimum absolute atomic E-state index is 0.00785. The molecule has 1 atom stereocenters. The molecule has 0 radical (unpaired) electrons. The summed E-state index contributed by atoms with van der Waals surface area (Å²) in [5.41, 5.74) is 1.86. The zero-order chi connectivity index (χ0) is 31.6. The number of hydrogen-bond acceptors (Lipinski definition) is 3. The number of carbonyl (C=O) groups excluding carboxylic acids is 1. The Bertz CT molecular complexity index is 1240. The van der Waals surface area contributed by atoms with Crippen molar-refractivity contribution in [2.75, 3.05) is 20.3 Å². The normalized spacial score (nSPS) is 22.9. The van der Waals surface area contributed by atoms with Gasteiger partial charge in [-0.2, -0.15) is 0 Å². The molecule has 4 rings (SSSR count). The van der Waals surface area contributed by atoms with E-state index >= 15 is 4.39 Å². The third-order valence-electron chi connectivity index (χ3n) is 10.2. The van der Waals surface area contributed by atoms with Gasteiger partial charge < -0.3 is 9.47 Å². The molecule has 0 aliphatic heterocycles. The maximum Gasteiger partial charge on any atom is 0.333 e. The molecule has 0 amide bonds. The fourth-order valence-electron chi connectivity index (χ4n) is 7.59. The van der Waals surface area contributed by atoms with Crippen molar-refractivity contribution in [3.63, 3.8) is 0 Å². The molecular formula is C38H51F3O3. The van der Waals surface area contributed by atoms with Gasteiger partial charge in [-0.3, -0.25) is 0 Å². The number of benzene rings is 2. The van der Waals surface area contributed by atoms with E-state index in [1.165, 1.54) is 31.7 Å². The van der Waals surface area contributed by atoms with Crippen molar-refractivity contribution >= 4 is 5.97 Å². The number of carbonyl (C=O) groups is 1. The molecule has 0 N–H and O–H groups in total. The Morgan fingerprint density at radius 1 is 0.886 bits per heavy atom. The average molecular weight is 613 g/mol. The van der Waals surface area contributed by atoms with E-state index in [2.05, 4.69) is 13.5 Å². The summed E-state index contributed by atoms with van der Waals surface area (Å²) in [7, 11) is 1.69. The molecule has 44 heavy (non-hydrogen) atoms. The molecule has 2 aromatic carbocycles. The molecule has 2 saturated carbocycles. The standard InChI is InChI=1S/C38H51F3O3/c1-5-6-7-8-31-17-20-34(37(41)36(31)40)33-19-18-32(22-35(33)39)30-15-13-29(14-16-30)28-11-9-26(10-12-28)21-27(23-43-4)24-44-38(42)25(2)3/h17-20,22,26-30H,2,5-16,21,23-24H2,1,3-4H3. The van der Waals surface area contributed by atoms with E-state index in [0.29, 0.717) is 48.5 Å². The molecule has 2 aromatic rings. The summed E-state index contributed by atoms with van der Waals surface area (Å²) >= 11 is 0. The lowest BCUT2D eigenvalue weighted by Gasteiger charge is -2.38. The zero-order valence-electron chi connectivity index (χ0n) is 26.9. The van der Waals surface area contributed by atoms with Crippen LogP contribution < -0.4 is 0 Å². The first-order valence-corrected chi connectivity index (χ1v) is 16.8. The Morgan fingerprint density at radius 2 is 1.55 bits per heavy atom. The third-order valence-corrected chi connectivity index (χ3v) is 10.2. The second-order valence-corrected chi connectivity index (χ2v) is 13.4. The highest BCUT2D eigenvalue weighted by atomic mass is 19.2. The SMILES string of the molecule is C=C(C)C(=O)OCC(COC)CC1CCC(C2CCC(c3ccc(-c4ccc(CCCCC)c(F)c4F)c(F)c3)CC2)CC1. The van der Waals surface area contributed by atoms with Gasteiger partial charge in [-0.25, -0.2) is 18.0 Å².